The molecule has 5 N–H and O–H groups in total. The molecular formula is C17H15N5. The van der Waals surface area contributed by atoms with Crippen LogP contribution in [0.2, 0.25) is 0 Å². The van der Waals surface area contributed by atoms with Gasteiger partial charge < -0.3 is 16.8 Å². The fraction of sp³-hybridized carbons (Fsp3) is 0.176. The normalized spacial score (nSPS) is 21.5. The maximum Gasteiger partial charge on any atom is 0.128 e. The lowest BCUT2D eigenvalue weighted by atomic mass is 9.72. The molecule has 2 aromatic carbocycles. The van der Waals surface area contributed by atoms with Crippen LogP contribution in [0.5, 0.6) is 0 Å². The molecule has 5 nitrogen and oxygen atoms in total. The first kappa shape index (κ1) is 12.7. The van der Waals surface area contributed by atoms with E-state index in [1.807, 2.05) is 36.4 Å². The van der Waals surface area contributed by atoms with Crippen LogP contribution in [0.3, 0.4) is 0 Å². The van der Waals surface area contributed by atoms with Crippen molar-refractivity contribution in [3.63, 3.8) is 0 Å². The van der Waals surface area contributed by atoms with Gasteiger partial charge in [-0.05, 0) is 35.4 Å². The number of nitrogens with zero attached hydrogens (tertiary/aromatic N) is 2. The molecule has 4 rings (SSSR count). The third-order valence-corrected chi connectivity index (χ3v) is 4.38. The number of hydrogen-bond acceptors (Lipinski definition) is 5. The molecule has 0 radical (unpaired) electrons. The van der Waals surface area contributed by atoms with E-state index in [9.17, 15) is 5.26 Å². The van der Waals surface area contributed by atoms with Crippen LogP contribution in [0.15, 0.2) is 41.4 Å². The van der Waals surface area contributed by atoms with Crippen molar-refractivity contribution in [3.8, 4) is 6.07 Å². The Kier molecular flexibility index (Phi) is 2.46. The van der Waals surface area contributed by atoms with E-state index in [1.165, 1.54) is 0 Å². The zero-order valence-electron chi connectivity index (χ0n) is 11.9. The molecule has 2 aromatic rings. The third-order valence-electron chi connectivity index (χ3n) is 4.38. The van der Waals surface area contributed by atoms with E-state index < -0.39 is 5.41 Å². The van der Waals surface area contributed by atoms with E-state index in [1.54, 1.807) is 0 Å². The first-order valence-electron chi connectivity index (χ1n) is 7.14. The molecule has 0 bridgehead atoms. The van der Waals surface area contributed by atoms with Gasteiger partial charge in [0, 0.05) is 29.9 Å². The minimum Gasteiger partial charge on any atom is -0.399 e. The van der Waals surface area contributed by atoms with E-state index in [-0.39, 0.29) is 0 Å². The Morgan fingerprint density at radius 2 is 1.73 bits per heavy atom. The summed E-state index contributed by atoms with van der Waals surface area (Å²) in [6.07, 6.45) is 1.27. The van der Waals surface area contributed by atoms with Crippen LogP contribution < -0.4 is 16.8 Å². The van der Waals surface area contributed by atoms with Crippen molar-refractivity contribution in [1.29, 1.82) is 5.26 Å². The van der Waals surface area contributed by atoms with Gasteiger partial charge in [0.15, 0.2) is 0 Å². The van der Waals surface area contributed by atoms with Crippen LogP contribution in [-0.4, -0.2) is 5.84 Å². The van der Waals surface area contributed by atoms with Crippen molar-refractivity contribution in [1.82, 2.24) is 0 Å². The molecule has 0 saturated heterocycles. The number of fused-ring (bicyclic) bond motifs is 3. The van der Waals surface area contributed by atoms with Gasteiger partial charge in [0.1, 0.15) is 11.3 Å². The number of rotatable bonds is 0. The van der Waals surface area contributed by atoms with Crippen molar-refractivity contribution in [2.45, 2.75) is 12.8 Å². The second-order valence-electron chi connectivity index (χ2n) is 5.94. The van der Waals surface area contributed by atoms with E-state index in [0.717, 1.165) is 22.5 Å². The standard InChI is InChI=1S/C17H15N5/c18-9-17-7-10-1-3-12(19)5-14(10)21-16(17)22-15-6-13(20)4-2-11(15)8-17/h1-6H,7-8,19-20H2,(H,21,22). The van der Waals surface area contributed by atoms with Crippen molar-refractivity contribution in [3.05, 3.63) is 47.5 Å². The third kappa shape index (κ3) is 1.74. The number of nitrogens with one attached hydrogen (secondary N) is 1. The van der Waals surface area contributed by atoms with Crippen LogP contribution in [0.1, 0.15) is 11.1 Å². The van der Waals surface area contributed by atoms with Gasteiger partial charge in [-0.25, -0.2) is 4.99 Å². The summed E-state index contributed by atoms with van der Waals surface area (Å²) in [5.74, 6) is 0.686. The number of anilines is 3. The van der Waals surface area contributed by atoms with Crippen molar-refractivity contribution in [2.24, 2.45) is 10.4 Å². The van der Waals surface area contributed by atoms with Crippen molar-refractivity contribution in [2.75, 3.05) is 16.8 Å². The predicted octanol–water partition coefficient (Wildman–Crippen LogP) is 2.62. The number of aliphatic imine (C=N–C) groups is 1. The topological polar surface area (TPSA) is 100 Å². The smallest absolute Gasteiger partial charge is 0.128 e. The highest BCUT2D eigenvalue weighted by molar-refractivity contribution is 6.07. The molecular weight excluding hydrogens is 274 g/mol. The van der Waals surface area contributed by atoms with Gasteiger partial charge in [0.05, 0.1) is 11.8 Å². The fourth-order valence-corrected chi connectivity index (χ4v) is 3.21. The van der Waals surface area contributed by atoms with Gasteiger partial charge in [-0.3, -0.25) is 0 Å². The summed E-state index contributed by atoms with van der Waals surface area (Å²) >= 11 is 0. The van der Waals surface area contributed by atoms with Crippen molar-refractivity contribution < 1.29 is 0 Å². The number of amidine groups is 1. The molecule has 0 aliphatic carbocycles. The van der Waals surface area contributed by atoms with Gasteiger partial charge in [-0.1, -0.05) is 12.1 Å². The maximum atomic E-state index is 9.82. The quantitative estimate of drug-likeness (QED) is 0.649. The van der Waals surface area contributed by atoms with Gasteiger partial charge in [0.2, 0.25) is 0 Å². The van der Waals surface area contributed by atoms with Gasteiger partial charge >= 0.3 is 0 Å². The molecule has 1 atom stereocenters. The second kappa shape index (κ2) is 4.25. The fourth-order valence-electron chi connectivity index (χ4n) is 3.21. The van der Waals surface area contributed by atoms with Crippen LogP contribution in [0, 0.1) is 16.7 Å². The summed E-state index contributed by atoms with van der Waals surface area (Å²) in [6, 6.07) is 13.9. The van der Waals surface area contributed by atoms with Gasteiger partial charge in [-0.15, -0.1) is 0 Å². The molecule has 108 valence electrons. The Hall–Kier alpha value is -3.00. The molecule has 22 heavy (non-hydrogen) atoms. The number of hydrogen-bond donors (Lipinski definition) is 3. The molecule has 0 amide bonds. The molecule has 0 aromatic heterocycles. The van der Waals surface area contributed by atoms with E-state index in [2.05, 4.69) is 16.4 Å². The van der Waals surface area contributed by atoms with E-state index in [0.29, 0.717) is 30.1 Å². The summed E-state index contributed by atoms with van der Waals surface area (Å²) in [5.41, 5.74) is 16.3. The highest BCUT2D eigenvalue weighted by atomic mass is 15.0. The Balaban J connectivity index is 1.88. The highest BCUT2D eigenvalue weighted by Crippen LogP contribution is 2.43. The van der Waals surface area contributed by atoms with Crippen molar-refractivity contribution >= 4 is 28.6 Å². The number of nitrogens with two attached hydrogens (primary N) is 2. The first-order valence-corrected chi connectivity index (χ1v) is 7.14. The second-order valence-corrected chi connectivity index (χ2v) is 5.94. The highest BCUT2D eigenvalue weighted by Gasteiger charge is 2.43. The minimum absolute atomic E-state index is 0.634. The van der Waals surface area contributed by atoms with Crippen LogP contribution in [0.25, 0.3) is 0 Å². The first-order chi connectivity index (χ1) is 10.6. The minimum atomic E-state index is -0.647. The summed E-state index contributed by atoms with van der Waals surface area (Å²) in [5, 5.41) is 13.1. The molecule has 2 aliphatic heterocycles. The Morgan fingerprint density at radius 3 is 2.50 bits per heavy atom. The Bertz CT molecular complexity index is 862. The largest absolute Gasteiger partial charge is 0.399 e. The molecule has 0 fully saturated rings. The average molecular weight is 289 g/mol. The molecule has 5 heteroatoms. The molecule has 2 aliphatic rings. The van der Waals surface area contributed by atoms with E-state index >= 15 is 0 Å². The molecule has 0 saturated carbocycles. The maximum absolute atomic E-state index is 9.82. The zero-order chi connectivity index (χ0) is 15.3. The van der Waals surface area contributed by atoms with Gasteiger partial charge in [-0.2, -0.15) is 5.26 Å². The molecule has 1 unspecified atom stereocenters. The predicted molar refractivity (Wildman–Crippen MR) is 87.9 cm³/mol. The van der Waals surface area contributed by atoms with Gasteiger partial charge in [0.25, 0.3) is 0 Å². The molecule has 2 heterocycles. The number of nitrogen functional groups attached to an aromatic ring is 2. The average Bonchev–Trinajstić information content (AvgIpc) is 2.51. The monoisotopic (exact) mass is 289 g/mol. The number of benzene rings is 2. The van der Waals surface area contributed by atoms with Crippen LogP contribution in [0.4, 0.5) is 22.7 Å². The SMILES string of the molecule is N#CC12Cc3ccc(N)cc3N=C1Nc1cc(N)ccc1C2. The summed E-state index contributed by atoms with van der Waals surface area (Å²) in [4.78, 5) is 4.66. The van der Waals surface area contributed by atoms with E-state index in [4.69, 9.17) is 11.5 Å². The zero-order valence-corrected chi connectivity index (χ0v) is 11.9. The lowest BCUT2D eigenvalue weighted by molar-refractivity contribution is 0.526. The Labute approximate surface area is 128 Å². The number of nitriles is 1. The van der Waals surface area contributed by atoms with Crippen LogP contribution >= 0.6 is 0 Å². The molecule has 0 spiro atoms. The summed E-state index contributed by atoms with van der Waals surface area (Å²) in [7, 11) is 0. The Morgan fingerprint density at radius 1 is 1.05 bits per heavy atom. The van der Waals surface area contributed by atoms with Crippen LogP contribution in [-0.2, 0) is 12.8 Å². The summed E-state index contributed by atoms with van der Waals surface area (Å²) < 4.78 is 0. The summed E-state index contributed by atoms with van der Waals surface area (Å²) in [6.45, 7) is 0. The lowest BCUT2D eigenvalue weighted by Gasteiger charge is -2.37. The lowest BCUT2D eigenvalue weighted by Crippen LogP contribution is -2.44.